The largest absolute Gasteiger partial charge is 0.490 e. The van der Waals surface area contributed by atoms with Gasteiger partial charge < -0.3 is 4.74 Å². The fourth-order valence-electron chi connectivity index (χ4n) is 4.00. The van der Waals surface area contributed by atoms with Crippen molar-refractivity contribution in [1.29, 1.82) is 0 Å². The van der Waals surface area contributed by atoms with Crippen LogP contribution in [0.25, 0.3) is 0 Å². The summed E-state index contributed by atoms with van der Waals surface area (Å²) in [7, 11) is -3.32. The molecule has 8 heteroatoms. The quantitative estimate of drug-likeness (QED) is 0.277. The van der Waals surface area contributed by atoms with Crippen molar-refractivity contribution in [3.63, 3.8) is 0 Å². The van der Waals surface area contributed by atoms with Crippen LogP contribution in [0.5, 0.6) is 5.75 Å². The molecule has 0 spiro atoms. The van der Waals surface area contributed by atoms with Gasteiger partial charge in [0.2, 0.25) is 11.8 Å². The maximum Gasteiger partial charge on any atom is 0.229 e. The molecule has 2 amide bonds. The normalized spacial score (nSPS) is 19.7. The lowest BCUT2D eigenvalue weighted by Crippen LogP contribution is -2.40. The van der Waals surface area contributed by atoms with Gasteiger partial charge in [-0.1, -0.05) is 32.1 Å². The highest BCUT2D eigenvalue weighted by atomic mass is 32.2. The molecule has 1 saturated heterocycles. The minimum atomic E-state index is -3.32. The predicted octanol–water partition coefficient (Wildman–Crippen LogP) is 4.09. The average Bonchev–Trinajstić information content (AvgIpc) is 3.55. The van der Waals surface area contributed by atoms with Crippen LogP contribution in [0.4, 0.5) is 4.39 Å². The summed E-state index contributed by atoms with van der Waals surface area (Å²) in [6, 6.07) is 4.61. The third-order valence-corrected chi connectivity index (χ3v) is 8.30. The molecule has 2 fully saturated rings. The Morgan fingerprint density at radius 2 is 1.94 bits per heavy atom. The third kappa shape index (κ3) is 7.95. The van der Waals surface area contributed by atoms with Crippen molar-refractivity contribution in [3.05, 3.63) is 41.7 Å². The molecule has 1 saturated carbocycles. The number of rotatable bonds is 12. The highest BCUT2D eigenvalue weighted by Gasteiger charge is 2.29. The van der Waals surface area contributed by atoms with E-state index in [1.54, 1.807) is 12.1 Å². The van der Waals surface area contributed by atoms with Gasteiger partial charge in [0, 0.05) is 17.8 Å². The Morgan fingerprint density at radius 1 is 1.18 bits per heavy atom. The van der Waals surface area contributed by atoms with Gasteiger partial charge in [0.05, 0.1) is 18.1 Å². The summed E-state index contributed by atoms with van der Waals surface area (Å²) in [6.07, 6.45) is 8.55. The zero-order valence-corrected chi connectivity index (χ0v) is 20.3. The minimum Gasteiger partial charge on any atom is -0.490 e. The van der Waals surface area contributed by atoms with Crippen LogP contribution in [0.15, 0.2) is 30.4 Å². The van der Waals surface area contributed by atoms with Crippen molar-refractivity contribution in [1.82, 2.24) is 5.32 Å². The van der Waals surface area contributed by atoms with E-state index in [0.29, 0.717) is 44.6 Å². The number of nitrogens with one attached hydrogen (secondary N) is 1. The number of amides is 2. The number of benzene rings is 1. The second kappa shape index (κ2) is 10.8. The average molecular weight is 480 g/mol. The third-order valence-electron chi connectivity index (χ3n) is 6.23. The summed E-state index contributed by atoms with van der Waals surface area (Å²) in [6.45, 7) is 4.20. The standard InChI is InChI=1S/C25H34FNO5S/c1-25(2,20-11-12-21(26)22(15-20)32-16-18-8-9-18)17-33(30,31)14-6-4-3-5-7-19-10-13-23(28)27-24(19)29/h3,5,11-12,15,18-19H,4,6-10,13-14,16-17H2,1-2H3,(H,27,28,29)/b5-3+. The monoisotopic (exact) mass is 479 g/mol. The molecule has 1 unspecified atom stereocenters. The van der Waals surface area contributed by atoms with Gasteiger partial charge in [-0.25, -0.2) is 12.8 Å². The van der Waals surface area contributed by atoms with Crippen LogP contribution in [-0.2, 0) is 24.8 Å². The van der Waals surface area contributed by atoms with Crippen LogP contribution in [-0.4, -0.2) is 38.3 Å². The Kier molecular flexibility index (Phi) is 8.32. The fourth-order valence-corrected chi connectivity index (χ4v) is 6.01. The number of allylic oxidation sites excluding steroid dienone is 2. The molecule has 1 aromatic carbocycles. The van der Waals surface area contributed by atoms with Gasteiger partial charge >= 0.3 is 0 Å². The van der Waals surface area contributed by atoms with Crippen molar-refractivity contribution >= 4 is 21.7 Å². The number of carbonyl (C=O) groups is 2. The zero-order chi connectivity index (χ0) is 24.1. The van der Waals surface area contributed by atoms with Crippen LogP contribution < -0.4 is 10.1 Å². The van der Waals surface area contributed by atoms with E-state index in [0.717, 1.165) is 18.4 Å². The van der Waals surface area contributed by atoms with Gasteiger partial charge in [-0.05, 0) is 62.1 Å². The number of sulfone groups is 1. The van der Waals surface area contributed by atoms with Gasteiger partial charge in [-0.3, -0.25) is 14.9 Å². The van der Waals surface area contributed by atoms with Crippen LogP contribution >= 0.6 is 0 Å². The second-order valence-electron chi connectivity index (χ2n) is 9.87. The molecular formula is C25H34FNO5S. The van der Waals surface area contributed by atoms with Gasteiger partial charge in [0.1, 0.15) is 0 Å². The van der Waals surface area contributed by atoms with E-state index < -0.39 is 21.1 Å². The predicted molar refractivity (Wildman–Crippen MR) is 125 cm³/mol. The minimum absolute atomic E-state index is 0.0340. The van der Waals surface area contributed by atoms with Gasteiger partial charge in [-0.15, -0.1) is 0 Å². The molecule has 2 aliphatic rings. The van der Waals surface area contributed by atoms with Crippen molar-refractivity contribution in [2.24, 2.45) is 11.8 Å². The van der Waals surface area contributed by atoms with Crippen molar-refractivity contribution in [2.45, 2.75) is 64.2 Å². The van der Waals surface area contributed by atoms with E-state index in [4.69, 9.17) is 4.74 Å². The number of hydrogen-bond donors (Lipinski definition) is 1. The number of hydrogen-bond acceptors (Lipinski definition) is 5. The van der Waals surface area contributed by atoms with Crippen molar-refractivity contribution < 1.29 is 27.1 Å². The van der Waals surface area contributed by atoms with E-state index in [-0.39, 0.29) is 35.0 Å². The Morgan fingerprint density at radius 3 is 2.64 bits per heavy atom. The van der Waals surface area contributed by atoms with Crippen molar-refractivity contribution in [2.75, 3.05) is 18.1 Å². The zero-order valence-electron chi connectivity index (χ0n) is 19.4. The first-order valence-corrected chi connectivity index (χ1v) is 13.5. The number of piperidine rings is 1. The second-order valence-corrected chi connectivity index (χ2v) is 12.1. The van der Waals surface area contributed by atoms with Gasteiger partial charge in [0.15, 0.2) is 21.4 Å². The van der Waals surface area contributed by atoms with E-state index in [9.17, 15) is 22.4 Å². The van der Waals surface area contributed by atoms with Crippen molar-refractivity contribution in [3.8, 4) is 5.75 Å². The van der Waals surface area contributed by atoms with Gasteiger partial charge in [-0.2, -0.15) is 0 Å². The van der Waals surface area contributed by atoms with Crippen LogP contribution in [0, 0.1) is 17.7 Å². The van der Waals surface area contributed by atoms with E-state index in [1.807, 2.05) is 26.0 Å². The lowest BCUT2D eigenvalue weighted by Gasteiger charge is -2.25. The maximum absolute atomic E-state index is 14.1. The molecule has 1 atom stereocenters. The van der Waals surface area contributed by atoms with E-state index >= 15 is 0 Å². The molecule has 3 rings (SSSR count). The number of unbranched alkanes of at least 4 members (excludes halogenated alkanes) is 1. The van der Waals surface area contributed by atoms with Crippen LogP contribution in [0.1, 0.15) is 64.4 Å². The summed E-state index contributed by atoms with van der Waals surface area (Å²) < 4.78 is 45.2. The smallest absolute Gasteiger partial charge is 0.229 e. The summed E-state index contributed by atoms with van der Waals surface area (Å²) >= 11 is 0. The SMILES string of the molecule is CC(C)(CS(=O)(=O)CCC/C=C/CC1CCC(=O)NC1=O)c1ccc(F)c(OCC2CC2)c1. The molecule has 1 aliphatic heterocycles. The molecule has 6 nitrogen and oxygen atoms in total. The Balaban J connectivity index is 1.46. The number of imide groups is 1. The lowest BCUT2D eigenvalue weighted by atomic mass is 9.86. The van der Waals surface area contributed by atoms with E-state index in [2.05, 4.69) is 5.32 Å². The molecule has 0 aromatic heterocycles. The van der Waals surface area contributed by atoms with Crippen LogP contribution in [0.2, 0.25) is 0 Å². The maximum atomic E-state index is 14.1. The Labute approximate surface area is 195 Å². The topological polar surface area (TPSA) is 89.5 Å². The number of ether oxygens (including phenoxy) is 1. The molecule has 1 N–H and O–H groups in total. The Hall–Kier alpha value is -2.22. The number of carbonyl (C=O) groups excluding carboxylic acids is 2. The van der Waals surface area contributed by atoms with Crippen LogP contribution in [0.3, 0.4) is 0 Å². The summed E-state index contributed by atoms with van der Waals surface area (Å²) in [5.41, 5.74) is 0.0636. The van der Waals surface area contributed by atoms with E-state index in [1.165, 1.54) is 6.07 Å². The molecule has 1 aromatic rings. The molecular weight excluding hydrogens is 445 g/mol. The molecule has 1 heterocycles. The highest BCUT2D eigenvalue weighted by Crippen LogP contribution is 2.33. The first-order valence-electron chi connectivity index (χ1n) is 11.7. The molecule has 1 aliphatic carbocycles. The highest BCUT2D eigenvalue weighted by molar-refractivity contribution is 7.91. The first-order chi connectivity index (χ1) is 15.6. The Bertz CT molecular complexity index is 998. The fraction of sp³-hybridized carbons (Fsp3) is 0.600. The molecule has 33 heavy (non-hydrogen) atoms. The van der Waals surface area contributed by atoms with Gasteiger partial charge in [0.25, 0.3) is 0 Å². The molecule has 182 valence electrons. The number of halogens is 1. The first kappa shape index (κ1) is 25.4. The summed E-state index contributed by atoms with van der Waals surface area (Å²) in [4.78, 5) is 22.9. The lowest BCUT2D eigenvalue weighted by molar-refractivity contribution is -0.136. The summed E-state index contributed by atoms with van der Waals surface area (Å²) in [5.74, 6) is -0.373. The molecule has 0 radical (unpaired) electrons. The molecule has 0 bridgehead atoms. The summed E-state index contributed by atoms with van der Waals surface area (Å²) in [5, 5.41) is 2.34.